The molecule has 1 aromatic rings. The zero-order valence-corrected chi connectivity index (χ0v) is 10.6. The maximum absolute atomic E-state index is 11.1. The first-order chi connectivity index (χ1) is 8.58. The summed E-state index contributed by atoms with van der Waals surface area (Å²) in [6.07, 6.45) is 4.68. The molecule has 1 heterocycles. The topological polar surface area (TPSA) is 91.2 Å². The molecule has 98 valence electrons. The summed E-state index contributed by atoms with van der Waals surface area (Å²) in [6.45, 7) is 2.16. The first-order valence-corrected chi connectivity index (χ1v) is 6.31. The lowest BCUT2D eigenvalue weighted by molar-refractivity contribution is 0.0950. The molecule has 4 N–H and O–H groups in total. The summed E-state index contributed by atoms with van der Waals surface area (Å²) < 4.78 is 5.85. The van der Waals surface area contributed by atoms with Gasteiger partial charge < -0.3 is 16.2 Å². The number of nitrogens with zero attached hydrogens (tertiary/aromatic N) is 1. The number of nitrogens with two attached hydrogens (primary N) is 2. The number of nitrogen functional groups attached to an aromatic ring is 1. The summed E-state index contributed by atoms with van der Waals surface area (Å²) in [4.78, 5) is 15.2. The van der Waals surface area contributed by atoms with Gasteiger partial charge in [-0.25, -0.2) is 4.98 Å². The van der Waals surface area contributed by atoms with Crippen molar-refractivity contribution in [1.29, 1.82) is 0 Å². The van der Waals surface area contributed by atoms with E-state index >= 15 is 0 Å². The van der Waals surface area contributed by atoms with Gasteiger partial charge in [-0.15, -0.1) is 0 Å². The Labute approximate surface area is 107 Å². The van der Waals surface area contributed by atoms with Crippen LogP contribution >= 0.6 is 0 Å². The van der Waals surface area contributed by atoms with Crippen LogP contribution in [0.4, 0.5) is 5.69 Å². The van der Waals surface area contributed by atoms with Gasteiger partial charge in [0.05, 0.1) is 5.69 Å². The lowest BCUT2D eigenvalue weighted by atomic mass is 9.88. The average Bonchev–Trinajstić information content (AvgIpc) is 2.34. The first-order valence-electron chi connectivity index (χ1n) is 6.31. The number of aromatic nitrogens is 1. The van der Waals surface area contributed by atoms with Crippen molar-refractivity contribution < 1.29 is 9.53 Å². The largest absolute Gasteiger partial charge is 0.473 e. The molecule has 2 rings (SSSR count). The van der Waals surface area contributed by atoms with Crippen molar-refractivity contribution in [2.45, 2.75) is 38.7 Å². The summed E-state index contributed by atoms with van der Waals surface area (Å²) in [6, 6.07) is 3.12. The van der Waals surface area contributed by atoms with Gasteiger partial charge >= 0.3 is 0 Å². The maximum Gasteiger partial charge on any atom is 0.267 e. The zero-order chi connectivity index (χ0) is 13.1. The molecule has 2 atom stereocenters. The molecular weight excluding hydrogens is 230 g/mol. The van der Waals surface area contributed by atoms with Crippen molar-refractivity contribution in [1.82, 2.24) is 4.98 Å². The molecule has 0 bridgehead atoms. The predicted octanol–water partition coefficient (Wildman–Crippen LogP) is 1.72. The second kappa shape index (κ2) is 5.25. The highest BCUT2D eigenvalue weighted by molar-refractivity contribution is 5.91. The van der Waals surface area contributed by atoms with Gasteiger partial charge in [0.2, 0.25) is 5.88 Å². The van der Waals surface area contributed by atoms with Crippen LogP contribution in [0.15, 0.2) is 12.1 Å². The number of carbonyl (C=O) groups is 1. The van der Waals surface area contributed by atoms with Crippen LogP contribution < -0.4 is 16.2 Å². The summed E-state index contributed by atoms with van der Waals surface area (Å²) in [7, 11) is 0. The van der Waals surface area contributed by atoms with Crippen LogP contribution in [-0.4, -0.2) is 17.0 Å². The van der Waals surface area contributed by atoms with Crippen LogP contribution in [0, 0.1) is 5.92 Å². The fraction of sp³-hybridized carbons (Fsp3) is 0.538. The zero-order valence-electron chi connectivity index (χ0n) is 10.6. The second-order valence-electron chi connectivity index (χ2n) is 4.87. The molecule has 1 aliphatic carbocycles. The van der Waals surface area contributed by atoms with Crippen LogP contribution in [0.25, 0.3) is 0 Å². The van der Waals surface area contributed by atoms with Crippen LogP contribution in [0.5, 0.6) is 5.88 Å². The van der Waals surface area contributed by atoms with Crippen molar-refractivity contribution in [2.75, 3.05) is 5.73 Å². The average molecular weight is 249 g/mol. The number of hydrogen-bond acceptors (Lipinski definition) is 4. The van der Waals surface area contributed by atoms with Gasteiger partial charge in [-0.3, -0.25) is 4.79 Å². The summed E-state index contributed by atoms with van der Waals surface area (Å²) in [5.41, 5.74) is 11.6. The van der Waals surface area contributed by atoms with Gasteiger partial charge in [-0.1, -0.05) is 13.3 Å². The number of amides is 1. The molecule has 1 aromatic heterocycles. The minimum atomic E-state index is -0.573. The van der Waals surface area contributed by atoms with Crippen LogP contribution in [0.3, 0.4) is 0 Å². The fourth-order valence-corrected chi connectivity index (χ4v) is 2.28. The molecule has 1 aliphatic rings. The van der Waals surface area contributed by atoms with E-state index < -0.39 is 5.91 Å². The maximum atomic E-state index is 11.1. The smallest absolute Gasteiger partial charge is 0.267 e. The van der Waals surface area contributed by atoms with E-state index in [9.17, 15) is 4.79 Å². The molecule has 1 fully saturated rings. The van der Waals surface area contributed by atoms with E-state index in [2.05, 4.69) is 11.9 Å². The number of hydrogen-bond donors (Lipinski definition) is 2. The molecule has 0 aromatic carbocycles. The number of carbonyl (C=O) groups excluding carboxylic acids is 1. The monoisotopic (exact) mass is 249 g/mol. The van der Waals surface area contributed by atoms with Gasteiger partial charge in [-0.2, -0.15) is 0 Å². The molecule has 0 aliphatic heterocycles. The van der Waals surface area contributed by atoms with E-state index in [0.717, 1.165) is 19.3 Å². The SMILES string of the molecule is CC1CCCCC1Oc1nc(C(N)=O)ccc1N. The van der Waals surface area contributed by atoms with Crippen LogP contribution in [0.2, 0.25) is 0 Å². The van der Waals surface area contributed by atoms with E-state index in [1.807, 2.05) is 0 Å². The first kappa shape index (κ1) is 12.7. The summed E-state index contributed by atoms with van der Waals surface area (Å²) >= 11 is 0. The van der Waals surface area contributed by atoms with Crippen molar-refractivity contribution in [3.63, 3.8) is 0 Å². The minimum absolute atomic E-state index is 0.122. The van der Waals surface area contributed by atoms with E-state index in [1.54, 1.807) is 6.07 Å². The van der Waals surface area contributed by atoms with Crippen molar-refractivity contribution in [2.24, 2.45) is 11.7 Å². The second-order valence-corrected chi connectivity index (χ2v) is 4.87. The van der Waals surface area contributed by atoms with Crippen molar-refractivity contribution in [3.8, 4) is 5.88 Å². The Morgan fingerprint density at radius 1 is 1.39 bits per heavy atom. The predicted molar refractivity (Wildman–Crippen MR) is 69.2 cm³/mol. The molecule has 0 saturated heterocycles. The standard InChI is InChI=1S/C13H19N3O2/c1-8-4-2-3-5-11(8)18-13-9(14)6-7-10(16-13)12(15)17/h6-8,11H,2-5,14H2,1H3,(H2,15,17). The van der Waals surface area contributed by atoms with E-state index in [-0.39, 0.29) is 11.8 Å². The lowest BCUT2D eigenvalue weighted by Crippen LogP contribution is -2.29. The highest BCUT2D eigenvalue weighted by atomic mass is 16.5. The fourth-order valence-electron chi connectivity index (χ4n) is 2.28. The van der Waals surface area contributed by atoms with Crippen LogP contribution in [0.1, 0.15) is 43.1 Å². The number of pyridine rings is 1. The van der Waals surface area contributed by atoms with Gasteiger partial charge in [-0.05, 0) is 37.3 Å². The van der Waals surface area contributed by atoms with E-state index in [0.29, 0.717) is 17.5 Å². The number of primary amides is 1. The Kier molecular flexibility index (Phi) is 3.69. The number of rotatable bonds is 3. The highest BCUT2D eigenvalue weighted by Gasteiger charge is 2.24. The van der Waals surface area contributed by atoms with Gasteiger partial charge in [0.25, 0.3) is 5.91 Å². The molecule has 1 saturated carbocycles. The molecule has 18 heavy (non-hydrogen) atoms. The third-order valence-corrected chi connectivity index (χ3v) is 3.44. The third kappa shape index (κ3) is 2.72. The molecule has 0 radical (unpaired) electrons. The molecule has 5 nitrogen and oxygen atoms in total. The number of ether oxygens (including phenoxy) is 1. The Balaban J connectivity index is 2.17. The quantitative estimate of drug-likeness (QED) is 0.853. The minimum Gasteiger partial charge on any atom is -0.473 e. The molecule has 5 heteroatoms. The highest BCUT2D eigenvalue weighted by Crippen LogP contribution is 2.29. The van der Waals surface area contributed by atoms with Crippen molar-refractivity contribution >= 4 is 11.6 Å². The summed E-state index contributed by atoms with van der Waals surface area (Å²) in [5, 5.41) is 0. The third-order valence-electron chi connectivity index (χ3n) is 3.44. The molecule has 2 unspecified atom stereocenters. The molecular formula is C13H19N3O2. The Morgan fingerprint density at radius 3 is 2.78 bits per heavy atom. The molecule has 0 spiro atoms. The summed E-state index contributed by atoms with van der Waals surface area (Å²) in [5.74, 6) is 0.235. The van der Waals surface area contributed by atoms with Gasteiger partial charge in [0, 0.05) is 0 Å². The Bertz CT molecular complexity index is 448. The van der Waals surface area contributed by atoms with Crippen molar-refractivity contribution in [3.05, 3.63) is 17.8 Å². The molecule has 1 amide bonds. The lowest BCUT2D eigenvalue weighted by Gasteiger charge is -2.29. The van der Waals surface area contributed by atoms with Gasteiger partial charge in [0.15, 0.2) is 0 Å². The Morgan fingerprint density at radius 2 is 2.11 bits per heavy atom. The Hall–Kier alpha value is -1.78. The van der Waals surface area contributed by atoms with Gasteiger partial charge in [0.1, 0.15) is 11.8 Å². The normalized spacial score (nSPS) is 23.6. The van der Waals surface area contributed by atoms with E-state index in [1.165, 1.54) is 12.5 Å². The number of anilines is 1. The van der Waals surface area contributed by atoms with Crippen LogP contribution in [-0.2, 0) is 0 Å². The van der Waals surface area contributed by atoms with E-state index in [4.69, 9.17) is 16.2 Å².